The van der Waals surface area contributed by atoms with Gasteiger partial charge in [0.2, 0.25) is 0 Å². The van der Waals surface area contributed by atoms with Crippen molar-refractivity contribution in [1.29, 1.82) is 0 Å². The Kier molecular flexibility index (Phi) is 4.89. The van der Waals surface area contributed by atoms with Gasteiger partial charge in [0.1, 0.15) is 17.4 Å². The summed E-state index contributed by atoms with van der Waals surface area (Å²) in [6.07, 6.45) is 1.62. The maximum Gasteiger partial charge on any atom is 0.256 e. The molecule has 1 aromatic heterocycles. The lowest BCUT2D eigenvalue weighted by atomic mass is 10.2. The molecule has 0 saturated heterocycles. The number of ether oxygens (including phenoxy) is 1. The Bertz CT molecular complexity index is 847. The van der Waals surface area contributed by atoms with Gasteiger partial charge in [0.05, 0.1) is 19.0 Å². The number of benzene rings is 2. The van der Waals surface area contributed by atoms with Crippen molar-refractivity contribution in [2.75, 3.05) is 17.7 Å². The standard InChI is InChI=1S/C19H16FN3O2/c1-25-17-9-6-15(7-10-17)22-16-8-11-18(21-12-16)23-19(24)13-2-4-14(20)5-3-13/h2-12,22H,1H3,(H,21,23,24). The van der Waals surface area contributed by atoms with Crippen LogP contribution in [-0.4, -0.2) is 18.0 Å². The van der Waals surface area contributed by atoms with Crippen LogP contribution in [0.2, 0.25) is 0 Å². The average molecular weight is 337 g/mol. The van der Waals surface area contributed by atoms with Crippen LogP contribution in [0, 0.1) is 5.82 Å². The fourth-order valence-electron chi connectivity index (χ4n) is 2.17. The predicted molar refractivity (Wildman–Crippen MR) is 94.9 cm³/mol. The Morgan fingerprint density at radius 1 is 0.960 bits per heavy atom. The second kappa shape index (κ2) is 7.44. The lowest BCUT2D eigenvalue weighted by molar-refractivity contribution is 0.102. The van der Waals surface area contributed by atoms with E-state index in [1.807, 2.05) is 24.3 Å². The summed E-state index contributed by atoms with van der Waals surface area (Å²) < 4.78 is 18.0. The molecular formula is C19H16FN3O2. The normalized spacial score (nSPS) is 10.2. The molecule has 0 unspecified atom stereocenters. The van der Waals surface area contributed by atoms with Gasteiger partial charge in [-0.3, -0.25) is 4.79 Å². The summed E-state index contributed by atoms with van der Waals surface area (Å²) >= 11 is 0. The molecule has 25 heavy (non-hydrogen) atoms. The molecule has 0 fully saturated rings. The number of hydrogen-bond acceptors (Lipinski definition) is 4. The van der Waals surface area contributed by atoms with Gasteiger partial charge >= 0.3 is 0 Å². The van der Waals surface area contributed by atoms with Crippen molar-refractivity contribution in [2.45, 2.75) is 0 Å². The molecule has 0 radical (unpaired) electrons. The summed E-state index contributed by atoms with van der Waals surface area (Å²) in [7, 11) is 1.62. The number of methoxy groups -OCH3 is 1. The number of amides is 1. The fourth-order valence-corrected chi connectivity index (χ4v) is 2.17. The summed E-state index contributed by atoms with van der Waals surface area (Å²) in [4.78, 5) is 16.3. The zero-order chi connectivity index (χ0) is 17.6. The number of hydrogen-bond donors (Lipinski definition) is 2. The monoisotopic (exact) mass is 337 g/mol. The van der Waals surface area contributed by atoms with Crippen LogP contribution < -0.4 is 15.4 Å². The van der Waals surface area contributed by atoms with Crippen molar-refractivity contribution in [3.8, 4) is 5.75 Å². The van der Waals surface area contributed by atoms with Crippen molar-refractivity contribution < 1.29 is 13.9 Å². The molecule has 1 heterocycles. The van der Waals surface area contributed by atoms with Crippen molar-refractivity contribution in [1.82, 2.24) is 4.98 Å². The van der Waals surface area contributed by atoms with Crippen molar-refractivity contribution >= 4 is 23.1 Å². The molecule has 0 aliphatic carbocycles. The third-order valence-electron chi connectivity index (χ3n) is 3.49. The first-order valence-corrected chi connectivity index (χ1v) is 7.58. The zero-order valence-electron chi connectivity index (χ0n) is 13.5. The van der Waals surface area contributed by atoms with E-state index in [2.05, 4.69) is 15.6 Å². The Hall–Kier alpha value is -3.41. The van der Waals surface area contributed by atoms with Crippen LogP contribution >= 0.6 is 0 Å². The molecule has 2 aromatic carbocycles. The first kappa shape index (κ1) is 16.4. The molecule has 6 heteroatoms. The Labute approximate surface area is 144 Å². The second-order valence-corrected chi connectivity index (χ2v) is 5.25. The summed E-state index contributed by atoms with van der Waals surface area (Å²) in [5.74, 6) is 0.462. The second-order valence-electron chi connectivity index (χ2n) is 5.25. The topological polar surface area (TPSA) is 63.2 Å². The van der Waals surface area contributed by atoms with Crippen LogP contribution in [-0.2, 0) is 0 Å². The molecule has 0 spiro atoms. The zero-order valence-corrected chi connectivity index (χ0v) is 13.5. The number of rotatable bonds is 5. The van der Waals surface area contributed by atoms with E-state index in [1.54, 1.807) is 25.4 Å². The number of nitrogens with zero attached hydrogens (tertiary/aromatic N) is 1. The third kappa shape index (κ3) is 4.32. The molecule has 3 aromatic rings. The van der Waals surface area contributed by atoms with Gasteiger partial charge in [-0.15, -0.1) is 0 Å². The molecule has 3 rings (SSSR count). The highest BCUT2D eigenvalue weighted by Crippen LogP contribution is 2.20. The van der Waals surface area contributed by atoms with Gasteiger partial charge in [0.15, 0.2) is 0 Å². The van der Waals surface area contributed by atoms with Gasteiger partial charge in [-0.2, -0.15) is 0 Å². The van der Waals surface area contributed by atoms with Crippen LogP contribution in [0.5, 0.6) is 5.75 Å². The molecular weight excluding hydrogens is 321 g/mol. The van der Waals surface area contributed by atoms with E-state index in [1.165, 1.54) is 24.3 Å². The molecule has 0 aliphatic rings. The Morgan fingerprint density at radius 3 is 2.24 bits per heavy atom. The number of nitrogens with one attached hydrogen (secondary N) is 2. The smallest absolute Gasteiger partial charge is 0.256 e. The maximum absolute atomic E-state index is 12.9. The third-order valence-corrected chi connectivity index (χ3v) is 3.49. The number of anilines is 3. The van der Waals surface area contributed by atoms with Gasteiger partial charge in [-0.1, -0.05) is 0 Å². The number of carbonyl (C=O) groups excluding carboxylic acids is 1. The maximum atomic E-state index is 12.9. The fraction of sp³-hybridized carbons (Fsp3) is 0.0526. The number of carbonyl (C=O) groups is 1. The SMILES string of the molecule is COc1ccc(Nc2ccc(NC(=O)c3ccc(F)cc3)nc2)cc1. The van der Waals surface area contributed by atoms with Gasteiger partial charge in [-0.25, -0.2) is 9.37 Å². The van der Waals surface area contributed by atoms with E-state index in [0.717, 1.165) is 17.1 Å². The molecule has 5 nitrogen and oxygen atoms in total. The number of halogens is 1. The molecule has 126 valence electrons. The van der Waals surface area contributed by atoms with Crippen LogP contribution in [0.15, 0.2) is 66.9 Å². The molecule has 0 saturated carbocycles. The van der Waals surface area contributed by atoms with Crippen LogP contribution in [0.4, 0.5) is 21.6 Å². The molecule has 0 atom stereocenters. The lowest BCUT2D eigenvalue weighted by Crippen LogP contribution is -2.12. The molecule has 1 amide bonds. The van der Waals surface area contributed by atoms with Gasteiger partial charge in [-0.05, 0) is 60.7 Å². The summed E-state index contributed by atoms with van der Waals surface area (Å²) in [6.45, 7) is 0. The van der Waals surface area contributed by atoms with Crippen LogP contribution in [0.1, 0.15) is 10.4 Å². The van der Waals surface area contributed by atoms with Crippen molar-refractivity contribution in [3.05, 3.63) is 78.2 Å². The Morgan fingerprint density at radius 2 is 1.64 bits per heavy atom. The number of aromatic nitrogens is 1. The first-order chi connectivity index (χ1) is 12.1. The highest BCUT2D eigenvalue weighted by molar-refractivity contribution is 6.03. The minimum absolute atomic E-state index is 0.344. The highest BCUT2D eigenvalue weighted by Gasteiger charge is 2.07. The van der Waals surface area contributed by atoms with Gasteiger partial charge in [0.25, 0.3) is 5.91 Å². The van der Waals surface area contributed by atoms with E-state index >= 15 is 0 Å². The molecule has 0 aliphatic heterocycles. The molecule has 0 bridgehead atoms. The summed E-state index contributed by atoms with van der Waals surface area (Å²) in [6, 6.07) is 16.3. The minimum Gasteiger partial charge on any atom is -0.497 e. The van der Waals surface area contributed by atoms with Crippen molar-refractivity contribution in [3.63, 3.8) is 0 Å². The predicted octanol–water partition coefficient (Wildman–Crippen LogP) is 4.23. The molecule has 2 N–H and O–H groups in total. The lowest BCUT2D eigenvalue weighted by Gasteiger charge is -2.08. The van der Waals surface area contributed by atoms with E-state index in [-0.39, 0.29) is 11.7 Å². The van der Waals surface area contributed by atoms with E-state index in [0.29, 0.717) is 11.4 Å². The first-order valence-electron chi connectivity index (χ1n) is 7.58. The summed E-state index contributed by atoms with van der Waals surface area (Å²) in [5.41, 5.74) is 2.04. The van der Waals surface area contributed by atoms with Gasteiger partial charge < -0.3 is 15.4 Å². The van der Waals surface area contributed by atoms with Crippen LogP contribution in [0.25, 0.3) is 0 Å². The van der Waals surface area contributed by atoms with E-state index in [9.17, 15) is 9.18 Å². The van der Waals surface area contributed by atoms with E-state index < -0.39 is 0 Å². The minimum atomic E-state index is -0.386. The quantitative estimate of drug-likeness (QED) is 0.731. The summed E-state index contributed by atoms with van der Waals surface area (Å²) in [5, 5.41) is 5.87. The van der Waals surface area contributed by atoms with Gasteiger partial charge in [0, 0.05) is 11.3 Å². The van der Waals surface area contributed by atoms with E-state index in [4.69, 9.17) is 4.74 Å². The largest absolute Gasteiger partial charge is 0.497 e. The highest BCUT2D eigenvalue weighted by atomic mass is 19.1. The number of pyridine rings is 1. The van der Waals surface area contributed by atoms with Crippen molar-refractivity contribution in [2.24, 2.45) is 0 Å². The van der Waals surface area contributed by atoms with Crippen LogP contribution in [0.3, 0.4) is 0 Å². The average Bonchev–Trinajstić information content (AvgIpc) is 2.64. The Balaban J connectivity index is 1.63.